The highest BCUT2D eigenvalue weighted by atomic mass is 16.3. The monoisotopic (exact) mass is 224 g/mol. The number of hydrogen-bond acceptors (Lipinski definition) is 2. The molecule has 0 saturated heterocycles. The second kappa shape index (κ2) is 3.98. The fourth-order valence-corrected chi connectivity index (χ4v) is 2.00. The van der Waals surface area contributed by atoms with E-state index < -0.39 is 0 Å². The van der Waals surface area contributed by atoms with Crippen LogP contribution in [0.25, 0.3) is 28.0 Å². The van der Waals surface area contributed by atoms with Gasteiger partial charge in [-0.25, -0.2) is 0 Å². The van der Waals surface area contributed by atoms with Gasteiger partial charge in [0.05, 0.1) is 12.5 Å². The lowest BCUT2D eigenvalue weighted by molar-refractivity contribution is 0.612. The van der Waals surface area contributed by atoms with E-state index >= 15 is 0 Å². The Kier molecular flexibility index (Phi) is 2.33. The summed E-state index contributed by atoms with van der Waals surface area (Å²) in [6, 6.07) is 5.91. The number of hydrogen-bond donors (Lipinski definition) is 0. The van der Waals surface area contributed by atoms with Crippen LogP contribution < -0.4 is 0 Å². The van der Waals surface area contributed by atoms with Gasteiger partial charge < -0.3 is 8.83 Å². The van der Waals surface area contributed by atoms with Crippen LogP contribution in [-0.4, -0.2) is 0 Å². The maximum Gasteiger partial charge on any atom is 0.141 e. The zero-order chi connectivity index (χ0) is 11.7. The quantitative estimate of drug-likeness (QED) is 0.586. The van der Waals surface area contributed by atoms with Gasteiger partial charge in [-0.1, -0.05) is 24.3 Å². The summed E-state index contributed by atoms with van der Waals surface area (Å²) in [5.41, 5.74) is 2.85. The Labute approximate surface area is 98.8 Å². The average Bonchev–Trinajstić information content (AvgIpc) is 2.95. The Bertz CT molecular complexity index is 662. The van der Waals surface area contributed by atoms with Crippen molar-refractivity contribution in [2.75, 3.05) is 0 Å². The van der Waals surface area contributed by atoms with Crippen LogP contribution in [-0.2, 0) is 0 Å². The topological polar surface area (TPSA) is 26.3 Å². The molecule has 0 atom stereocenters. The highest BCUT2D eigenvalue weighted by Gasteiger charge is 2.09. The van der Waals surface area contributed by atoms with Crippen molar-refractivity contribution >= 4 is 28.0 Å². The standard InChI is InChI=1S/C15H12O2/c1-2-3-4-5-13-12-7-9-16-14(12)10-11-6-8-17-15(11)13/h2-10H,1H3/b3-2+,5-4+. The lowest BCUT2D eigenvalue weighted by Crippen LogP contribution is -1.76. The third-order valence-corrected chi connectivity index (χ3v) is 2.78. The smallest absolute Gasteiger partial charge is 0.141 e. The second-order valence-electron chi connectivity index (χ2n) is 3.85. The molecule has 0 saturated carbocycles. The van der Waals surface area contributed by atoms with Crippen LogP contribution in [0.15, 0.2) is 57.8 Å². The number of fused-ring (bicyclic) bond motifs is 2. The fourth-order valence-electron chi connectivity index (χ4n) is 2.00. The van der Waals surface area contributed by atoms with Crippen molar-refractivity contribution in [2.24, 2.45) is 0 Å². The molecule has 2 heteroatoms. The summed E-state index contributed by atoms with van der Waals surface area (Å²) >= 11 is 0. The van der Waals surface area contributed by atoms with Crippen molar-refractivity contribution in [3.05, 3.63) is 54.5 Å². The highest BCUT2D eigenvalue weighted by Crippen LogP contribution is 2.30. The minimum absolute atomic E-state index is 0.888. The predicted octanol–water partition coefficient (Wildman–Crippen LogP) is 4.77. The molecule has 0 radical (unpaired) electrons. The molecule has 0 unspecified atom stereocenters. The van der Waals surface area contributed by atoms with Gasteiger partial charge in [0.1, 0.15) is 11.2 Å². The van der Waals surface area contributed by atoms with E-state index in [1.165, 1.54) is 0 Å². The summed E-state index contributed by atoms with van der Waals surface area (Å²) in [5, 5.41) is 2.14. The minimum Gasteiger partial charge on any atom is -0.464 e. The van der Waals surface area contributed by atoms with Crippen molar-refractivity contribution in [2.45, 2.75) is 6.92 Å². The summed E-state index contributed by atoms with van der Waals surface area (Å²) in [7, 11) is 0. The lowest BCUT2D eigenvalue weighted by atomic mass is 10.1. The Morgan fingerprint density at radius 1 is 1.06 bits per heavy atom. The summed E-state index contributed by atoms with van der Waals surface area (Å²) in [6.07, 6.45) is 11.4. The molecule has 0 amide bonds. The van der Waals surface area contributed by atoms with Gasteiger partial charge in [-0.2, -0.15) is 0 Å². The highest BCUT2D eigenvalue weighted by molar-refractivity contribution is 6.02. The van der Waals surface area contributed by atoms with Gasteiger partial charge in [0, 0.05) is 16.3 Å². The molecule has 0 fully saturated rings. The molecule has 0 aliphatic heterocycles. The van der Waals surface area contributed by atoms with Gasteiger partial charge >= 0.3 is 0 Å². The third kappa shape index (κ3) is 1.58. The number of allylic oxidation sites excluding steroid dienone is 3. The van der Waals surface area contributed by atoms with Crippen LogP contribution in [0.3, 0.4) is 0 Å². The first-order valence-electron chi connectivity index (χ1n) is 5.57. The molecule has 0 spiro atoms. The van der Waals surface area contributed by atoms with E-state index in [0.29, 0.717) is 0 Å². The van der Waals surface area contributed by atoms with Gasteiger partial charge in [-0.3, -0.25) is 0 Å². The van der Waals surface area contributed by atoms with Crippen LogP contribution in [0.4, 0.5) is 0 Å². The Balaban J connectivity index is 2.34. The molecule has 3 rings (SSSR count). The molecule has 3 aromatic rings. The van der Waals surface area contributed by atoms with Crippen LogP contribution in [0, 0.1) is 0 Å². The summed E-state index contributed by atoms with van der Waals surface area (Å²) in [5.74, 6) is 0. The molecule has 0 N–H and O–H groups in total. The molecule has 2 heterocycles. The molecule has 0 aliphatic rings. The van der Waals surface area contributed by atoms with E-state index in [1.54, 1.807) is 12.5 Å². The molecular weight excluding hydrogens is 212 g/mol. The molecule has 17 heavy (non-hydrogen) atoms. The zero-order valence-electron chi connectivity index (χ0n) is 9.51. The Morgan fingerprint density at radius 2 is 1.94 bits per heavy atom. The van der Waals surface area contributed by atoms with Crippen molar-refractivity contribution in [3.8, 4) is 0 Å². The SMILES string of the molecule is C/C=C/C=C/c1c2ccoc2cc2ccoc12. The maximum absolute atomic E-state index is 5.54. The van der Waals surface area contributed by atoms with Gasteiger partial charge in [0.15, 0.2) is 0 Å². The second-order valence-corrected chi connectivity index (χ2v) is 3.85. The summed E-state index contributed by atoms with van der Waals surface area (Å²) in [4.78, 5) is 0. The van der Waals surface area contributed by atoms with E-state index in [1.807, 2.05) is 49.4 Å². The fraction of sp³-hybridized carbons (Fsp3) is 0.0667. The van der Waals surface area contributed by atoms with E-state index in [-0.39, 0.29) is 0 Å². The summed E-state index contributed by atoms with van der Waals surface area (Å²) < 4.78 is 11.0. The van der Waals surface area contributed by atoms with Crippen LogP contribution in [0.2, 0.25) is 0 Å². The van der Waals surface area contributed by atoms with Crippen LogP contribution >= 0.6 is 0 Å². The molecule has 2 aromatic heterocycles. The van der Waals surface area contributed by atoms with Gasteiger partial charge in [-0.15, -0.1) is 0 Å². The van der Waals surface area contributed by atoms with Crippen molar-refractivity contribution < 1.29 is 8.83 Å². The molecular formula is C15H12O2. The van der Waals surface area contributed by atoms with Gasteiger partial charge in [0.25, 0.3) is 0 Å². The zero-order valence-corrected chi connectivity index (χ0v) is 9.51. The third-order valence-electron chi connectivity index (χ3n) is 2.78. The molecule has 0 aliphatic carbocycles. The van der Waals surface area contributed by atoms with Crippen molar-refractivity contribution in [1.29, 1.82) is 0 Å². The number of furan rings is 2. The first-order chi connectivity index (χ1) is 8.40. The first-order valence-corrected chi connectivity index (χ1v) is 5.57. The number of rotatable bonds is 2. The van der Waals surface area contributed by atoms with E-state index in [0.717, 1.165) is 27.5 Å². The van der Waals surface area contributed by atoms with E-state index in [4.69, 9.17) is 8.83 Å². The number of benzene rings is 1. The summed E-state index contributed by atoms with van der Waals surface area (Å²) in [6.45, 7) is 1.99. The van der Waals surface area contributed by atoms with Crippen LogP contribution in [0.1, 0.15) is 12.5 Å². The van der Waals surface area contributed by atoms with Gasteiger partial charge in [-0.05, 0) is 25.1 Å². The van der Waals surface area contributed by atoms with Gasteiger partial charge in [0.2, 0.25) is 0 Å². The van der Waals surface area contributed by atoms with Crippen molar-refractivity contribution in [1.82, 2.24) is 0 Å². The average molecular weight is 224 g/mol. The molecule has 1 aromatic carbocycles. The van der Waals surface area contributed by atoms with Crippen molar-refractivity contribution in [3.63, 3.8) is 0 Å². The first kappa shape index (κ1) is 9.97. The Morgan fingerprint density at radius 3 is 2.82 bits per heavy atom. The molecule has 0 bridgehead atoms. The normalized spacial score (nSPS) is 12.5. The largest absolute Gasteiger partial charge is 0.464 e. The minimum atomic E-state index is 0.888. The molecule has 84 valence electrons. The molecule has 2 nitrogen and oxygen atoms in total. The van der Waals surface area contributed by atoms with E-state index in [9.17, 15) is 0 Å². The Hall–Kier alpha value is -2.22. The predicted molar refractivity (Wildman–Crippen MR) is 69.8 cm³/mol. The van der Waals surface area contributed by atoms with E-state index in [2.05, 4.69) is 0 Å². The lowest BCUT2D eigenvalue weighted by Gasteiger charge is -1.97. The maximum atomic E-state index is 5.54. The van der Waals surface area contributed by atoms with Crippen LogP contribution in [0.5, 0.6) is 0 Å².